The summed E-state index contributed by atoms with van der Waals surface area (Å²) >= 11 is 0. The molecular weight excluding hydrogens is 661 g/mol. The van der Waals surface area contributed by atoms with Crippen molar-refractivity contribution >= 4 is 49.8 Å². The maximum Gasteiger partial charge on any atom is 0.167 e. The van der Waals surface area contributed by atoms with Gasteiger partial charge in [0.15, 0.2) is 17.5 Å². The number of para-hydroxylation sites is 2. The monoisotopic (exact) mass is 692 g/mol. The van der Waals surface area contributed by atoms with E-state index in [1.807, 2.05) is 72.8 Å². The second-order valence-electron chi connectivity index (χ2n) is 13.3. The van der Waals surface area contributed by atoms with Crippen LogP contribution in [0.4, 0.5) is 17.1 Å². The van der Waals surface area contributed by atoms with E-state index >= 15 is 0 Å². The Kier molecular flexibility index (Phi) is 7.73. The number of aromatic nitrogens is 3. The van der Waals surface area contributed by atoms with Crippen LogP contribution in [0, 0.1) is 0 Å². The Hall–Kier alpha value is -7.37. The Balaban J connectivity index is 1.12. The minimum atomic E-state index is 0.565. The number of nitrogens with zero attached hydrogens (tertiary/aromatic N) is 4. The summed E-state index contributed by atoms with van der Waals surface area (Å²) in [6.07, 6.45) is 0. The summed E-state index contributed by atoms with van der Waals surface area (Å²) in [5, 5.41) is 4.28. The second-order valence-corrected chi connectivity index (χ2v) is 13.3. The van der Waals surface area contributed by atoms with Crippen molar-refractivity contribution in [1.82, 2.24) is 15.0 Å². The predicted molar refractivity (Wildman–Crippen MR) is 221 cm³/mol. The van der Waals surface area contributed by atoms with Crippen LogP contribution in [0.5, 0.6) is 0 Å². The molecule has 0 atom stereocenters. The Morgan fingerprint density at radius 3 is 1.48 bits per heavy atom. The number of benzene rings is 8. The van der Waals surface area contributed by atoms with E-state index in [4.69, 9.17) is 19.4 Å². The van der Waals surface area contributed by atoms with Crippen molar-refractivity contribution < 1.29 is 4.42 Å². The van der Waals surface area contributed by atoms with Crippen LogP contribution in [0.1, 0.15) is 0 Å². The molecule has 2 heterocycles. The molecule has 54 heavy (non-hydrogen) atoms. The molecule has 0 N–H and O–H groups in total. The smallest absolute Gasteiger partial charge is 0.167 e. The third kappa shape index (κ3) is 5.65. The molecule has 5 nitrogen and oxygen atoms in total. The highest BCUT2D eigenvalue weighted by atomic mass is 16.3. The van der Waals surface area contributed by atoms with Crippen molar-refractivity contribution in [3.8, 4) is 45.3 Å². The number of hydrogen-bond acceptors (Lipinski definition) is 5. The normalized spacial score (nSPS) is 11.3. The number of rotatable bonds is 7. The molecule has 10 aromatic rings. The summed E-state index contributed by atoms with van der Waals surface area (Å²) in [5.41, 5.74) is 9.75. The SMILES string of the molecule is c1ccc(-c2nc(-c3ccccc3)nc(-c3cc4ccccc4c4c3oc3ccc(-c5ccc(N(c6ccccc6)c6ccccc6)cc5)cc34)n2)cc1. The first-order valence-electron chi connectivity index (χ1n) is 18.0. The zero-order valence-corrected chi connectivity index (χ0v) is 29.2. The summed E-state index contributed by atoms with van der Waals surface area (Å²) in [4.78, 5) is 17.3. The highest BCUT2D eigenvalue weighted by Gasteiger charge is 2.21. The van der Waals surface area contributed by atoms with Crippen LogP contribution in [0.25, 0.3) is 78.0 Å². The summed E-state index contributed by atoms with van der Waals surface area (Å²) in [7, 11) is 0. The lowest BCUT2D eigenvalue weighted by atomic mass is 9.97. The minimum Gasteiger partial charge on any atom is -0.455 e. The van der Waals surface area contributed by atoms with Crippen molar-refractivity contribution in [2.45, 2.75) is 0 Å². The van der Waals surface area contributed by atoms with E-state index in [1.165, 1.54) is 0 Å². The van der Waals surface area contributed by atoms with E-state index in [0.717, 1.165) is 77.6 Å². The summed E-state index contributed by atoms with van der Waals surface area (Å²) in [5.74, 6) is 1.79. The lowest BCUT2D eigenvalue weighted by Gasteiger charge is -2.25. The molecule has 0 saturated carbocycles. The fourth-order valence-corrected chi connectivity index (χ4v) is 7.31. The van der Waals surface area contributed by atoms with Gasteiger partial charge in [-0.2, -0.15) is 0 Å². The Bertz CT molecular complexity index is 2810. The van der Waals surface area contributed by atoms with Gasteiger partial charge in [0.05, 0.1) is 5.56 Å². The lowest BCUT2D eigenvalue weighted by Crippen LogP contribution is -2.09. The maximum absolute atomic E-state index is 6.77. The third-order valence-corrected chi connectivity index (χ3v) is 9.89. The van der Waals surface area contributed by atoms with Gasteiger partial charge in [-0.3, -0.25) is 0 Å². The van der Waals surface area contributed by atoms with E-state index in [1.54, 1.807) is 0 Å². The maximum atomic E-state index is 6.77. The molecule has 0 amide bonds. The van der Waals surface area contributed by atoms with Gasteiger partial charge in [-0.25, -0.2) is 15.0 Å². The van der Waals surface area contributed by atoms with Crippen LogP contribution in [0.2, 0.25) is 0 Å². The molecule has 0 bridgehead atoms. The predicted octanol–water partition coefficient (Wildman–Crippen LogP) is 13.1. The fourth-order valence-electron chi connectivity index (χ4n) is 7.31. The molecule has 0 aliphatic rings. The number of furan rings is 1. The van der Waals surface area contributed by atoms with Gasteiger partial charge in [0, 0.05) is 39.0 Å². The van der Waals surface area contributed by atoms with E-state index in [2.05, 4.69) is 126 Å². The molecular formula is C49H32N4O. The van der Waals surface area contributed by atoms with Gasteiger partial charge in [0.2, 0.25) is 0 Å². The van der Waals surface area contributed by atoms with Crippen LogP contribution in [0.3, 0.4) is 0 Å². The average molecular weight is 693 g/mol. The van der Waals surface area contributed by atoms with Gasteiger partial charge >= 0.3 is 0 Å². The molecule has 0 radical (unpaired) electrons. The third-order valence-electron chi connectivity index (χ3n) is 9.89. The van der Waals surface area contributed by atoms with Crippen molar-refractivity contribution in [3.05, 3.63) is 194 Å². The van der Waals surface area contributed by atoms with Gasteiger partial charge in [0.1, 0.15) is 11.2 Å². The molecule has 5 heteroatoms. The van der Waals surface area contributed by atoms with Crippen LogP contribution in [0.15, 0.2) is 199 Å². The number of anilines is 3. The van der Waals surface area contributed by atoms with Crippen molar-refractivity contribution in [1.29, 1.82) is 0 Å². The van der Waals surface area contributed by atoms with Crippen LogP contribution < -0.4 is 4.90 Å². The number of fused-ring (bicyclic) bond motifs is 5. The highest BCUT2D eigenvalue weighted by molar-refractivity contribution is 6.22. The van der Waals surface area contributed by atoms with Gasteiger partial charge in [0.25, 0.3) is 0 Å². The molecule has 0 fully saturated rings. The van der Waals surface area contributed by atoms with Crippen LogP contribution in [-0.4, -0.2) is 15.0 Å². The Morgan fingerprint density at radius 2 is 0.870 bits per heavy atom. The van der Waals surface area contributed by atoms with Crippen LogP contribution in [-0.2, 0) is 0 Å². The number of hydrogen-bond donors (Lipinski definition) is 0. The molecule has 10 rings (SSSR count). The van der Waals surface area contributed by atoms with Gasteiger partial charge < -0.3 is 9.32 Å². The molecule has 0 aliphatic heterocycles. The Morgan fingerprint density at radius 1 is 0.370 bits per heavy atom. The molecule has 2 aromatic heterocycles. The molecule has 254 valence electrons. The molecule has 0 aliphatic carbocycles. The summed E-state index contributed by atoms with van der Waals surface area (Å²) in [6, 6.07) is 66.9. The first kappa shape index (κ1) is 31.4. The molecule has 0 unspecified atom stereocenters. The Labute approximate surface area is 312 Å². The average Bonchev–Trinajstić information content (AvgIpc) is 3.64. The van der Waals surface area contributed by atoms with Crippen molar-refractivity contribution in [2.75, 3.05) is 4.90 Å². The topological polar surface area (TPSA) is 55.1 Å². The molecule has 0 saturated heterocycles. The highest BCUT2D eigenvalue weighted by Crippen LogP contribution is 2.42. The van der Waals surface area contributed by atoms with E-state index in [9.17, 15) is 0 Å². The summed E-state index contributed by atoms with van der Waals surface area (Å²) in [6.45, 7) is 0. The molecule has 8 aromatic carbocycles. The van der Waals surface area contributed by atoms with Crippen molar-refractivity contribution in [2.24, 2.45) is 0 Å². The fraction of sp³-hybridized carbons (Fsp3) is 0. The largest absolute Gasteiger partial charge is 0.455 e. The van der Waals surface area contributed by atoms with Gasteiger partial charge in [-0.15, -0.1) is 0 Å². The molecule has 0 spiro atoms. The zero-order chi connectivity index (χ0) is 35.8. The second kappa shape index (κ2) is 13.3. The van der Waals surface area contributed by atoms with E-state index in [-0.39, 0.29) is 0 Å². The van der Waals surface area contributed by atoms with Gasteiger partial charge in [-0.1, -0.05) is 140 Å². The standard InChI is InChI=1S/C49H32N4O/c1-5-15-34(16-6-1)47-50-48(35-17-7-2-8-18-35)52-49(51-47)43-32-37-19-13-14-24-41(37)45-42-31-36(27-30-44(42)54-46(43)45)33-25-28-40(29-26-33)53(38-20-9-3-10-21-38)39-22-11-4-12-23-39/h1-32H. The minimum absolute atomic E-state index is 0.565. The lowest BCUT2D eigenvalue weighted by molar-refractivity contribution is 0.670. The zero-order valence-electron chi connectivity index (χ0n) is 29.2. The first-order chi connectivity index (χ1) is 26.8. The summed E-state index contributed by atoms with van der Waals surface area (Å²) < 4.78 is 6.77. The van der Waals surface area contributed by atoms with Gasteiger partial charge in [-0.05, 0) is 76.5 Å². The van der Waals surface area contributed by atoms with Crippen LogP contribution >= 0.6 is 0 Å². The van der Waals surface area contributed by atoms with Crippen molar-refractivity contribution in [3.63, 3.8) is 0 Å². The quantitative estimate of drug-likeness (QED) is 0.166. The first-order valence-corrected chi connectivity index (χ1v) is 18.0. The van der Waals surface area contributed by atoms with E-state index in [0.29, 0.717) is 17.5 Å². The van der Waals surface area contributed by atoms with E-state index < -0.39 is 0 Å².